The van der Waals surface area contributed by atoms with Gasteiger partial charge in [-0.05, 0) is 53.1 Å². The van der Waals surface area contributed by atoms with E-state index in [9.17, 15) is 4.55 Å². The second kappa shape index (κ2) is 8.98. The van der Waals surface area contributed by atoms with Crippen molar-refractivity contribution in [3.8, 4) is 33.8 Å². The van der Waals surface area contributed by atoms with Crippen LogP contribution in [-0.2, 0) is 16.6 Å². The van der Waals surface area contributed by atoms with E-state index in [2.05, 4.69) is 67.4 Å². The van der Waals surface area contributed by atoms with Crippen LogP contribution in [-0.4, -0.2) is 9.54 Å². The van der Waals surface area contributed by atoms with Crippen LogP contribution >= 0.6 is 0 Å². The van der Waals surface area contributed by atoms with Crippen molar-refractivity contribution in [1.29, 1.82) is 0 Å². The van der Waals surface area contributed by atoms with Crippen LogP contribution in [0.5, 0.6) is 11.5 Å². The van der Waals surface area contributed by atoms with Crippen LogP contribution in [0.2, 0.25) is 0 Å². The Bertz CT molecular complexity index is 1550. The smallest absolute Gasteiger partial charge is 0.159 e. The number of fused-ring (bicyclic) bond motifs is 2. The molecule has 6 rings (SSSR count). The van der Waals surface area contributed by atoms with Gasteiger partial charge in [0, 0.05) is 51.7 Å². The predicted octanol–water partition coefficient (Wildman–Crippen LogP) is 8.01. The molecule has 0 saturated heterocycles. The zero-order valence-electron chi connectivity index (χ0n) is 20.1. The number of benzene rings is 4. The van der Waals surface area contributed by atoms with E-state index in [1.807, 2.05) is 60.8 Å². The Morgan fingerprint density at radius 3 is 1.92 bits per heavy atom. The third-order valence-corrected chi connectivity index (χ3v) is 8.25. The number of pyridine rings is 1. The molecule has 1 unspecified atom stereocenters. The lowest BCUT2D eigenvalue weighted by molar-refractivity contribution is 0.418. The zero-order chi connectivity index (χ0) is 24.7. The van der Waals surface area contributed by atoms with E-state index in [1.165, 1.54) is 0 Å². The molecular weight excluding hydrogens is 462 g/mol. The Morgan fingerprint density at radius 2 is 1.25 bits per heavy atom. The molecule has 1 atom stereocenters. The minimum atomic E-state index is -1.23. The van der Waals surface area contributed by atoms with Gasteiger partial charge in [0.05, 0.1) is 0 Å². The average molecular weight is 488 g/mol. The molecule has 0 spiro atoms. The van der Waals surface area contributed by atoms with Gasteiger partial charge in [-0.3, -0.25) is 4.98 Å². The van der Waals surface area contributed by atoms with E-state index in [0.717, 1.165) is 54.7 Å². The van der Waals surface area contributed by atoms with E-state index in [4.69, 9.17) is 4.74 Å². The fourth-order valence-electron chi connectivity index (χ4n) is 4.87. The van der Waals surface area contributed by atoms with Crippen molar-refractivity contribution in [2.75, 3.05) is 0 Å². The summed E-state index contributed by atoms with van der Waals surface area (Å²) in [4.78, 5) is 5.84. The molecule has 1 aliphatic heterocycles. The van der Waals surface area contributed by atoms with Crippen LogP contribution in [0.1, 0.15) is 25.0 Å². The maximum Gasteiger partial charge on any atom is 0.159 e. The van der Waals surface area contributed by atoms with E-state index in [-0.39, 0.29) is 5.41 Å². The Balaban J connectivity index is 1.37. The summed E-state index contributed by atoms with van der Waals surface area (Å²) in [7, 11) is 0. The van der Waals surface area contributed by atoms with Gasteiger partial charge in [0.25, 0.3) is 0 Å². The molecule has 0 fully saturated rings. The number of rotatable bonds is 4. The lowest BCUT2D eigenvalue weighted by Gasteiger charge is -2.35. The van der Waals surface area contributed by atoms with Gasteiger partial charge < -0.3 is 9.29 Å². The van der Waals surface area contributed by atoms with Crippen LogP contribution in [0, 0.1) is 0 Å². The van der Waals surface area contributed by atoms with Gasteiger partial charge in [-0.2, -0.15) is 0 Å². The topological polar surface area (TPSA) is 45.2 Å². The summed E-state index contributed by atoms with van der Waals surface area (Å²) in [5.74, 6) is 1.72. The molecule has 0 amide bonds. The van der Waals surface area contributed by atoms with Gasteiger partial charge in [0.15, 0.2) is 9.79 Å². The average Bonchev–Trinajstić information content (AvgIpc) is 2.93. The SMILES string of the molecule is CC1(C)c2ccc(-c3cccnc3)cc2Oc2cc(-c3cccc([S+]([O-])c4ccccc4)c3)ccc21. The summed E-state index contributed by atoms with van der Waals surface area (Å²) in [6.45, 7) is 4.47. The number of aromatic nitrogens is 1. The summed E-state index contributed by atoms with van der Waals surface area (Å²) in [5.41, 5.74) is 6.29. The van der Waals surface area contributed by atoms with Crippen molar-refractivity contribution in [1.82, 2.24) is 4.98 Å². The first-order valence-corrected chi connectivity index (χ1v) is 13.1. The standard InChI is InChI=1S/C32H25NO2S/c1-32(2)28-15-13-23(22-8-6-12-27(18-22)36(34)26-10-4-3-5-11-26)19-30(28)35-31-20-24(14-16-29(31)32)25-9-7-17-33-21-25/h3-21H,1-2H3. The molecular formula is C32H25NO2S. The first kappa shape index (κ1) is 22.6. The van der Waals surface area contributed by atoms with Crippen molar-refractivity contribution in [2.24, 2.45) is 0 Å². The number of hydrogen-bond acceptors (Lipinski definition) is 3. The predicted molar refractivity (Wildman–Crippen MR) is 145 cm³/mol. The van der Waals surface area contributed by atoms with Gasteiger partial charge in [-0.25, -0.2) is 0 Å². The van der Waals surface area contributed by atoms with Crippen molar-refractivity contribution in [3.63, 3.8) is 0 Å². The summed E-state index contributed by atoms with van der Waals surface area (Å²) >= 11 is -1.23. The Hall–Kier alpha value is -3.86. The quantitative estimate of drug-likeness (QED) is 0.241. The van der Waals surface area contributed by atoms with Gasteiger partial charge in [-0.1, -0.05) is 74.5 Å². The molecule has 3 nitrogen and oxygen atoms in total. The first-order chi connectivity index (χ1) is 17.5. The molecule has 5 aromatic rings. The Morgan fingerprint density at radius 1 is 0.639 bits per heavy atom. The summed E-state index contributed by atoms with van der Waals surface area (Å²) in [6, 6.07) is 34.3. The highest BCUT2D eigenvalue weighted by atomic mass is 32.2. The number of nitrogens with zero attached hydrogens (tertiary/aromatic N) is 1. The van der Waals surface area contributed by atoms with E-state index in [1.54, 1.807) is 6.20 Å². The molecule has 4 heteroatoms. The third kappa shape index (κ3) is 3.98. The van der Waals surface area contributed by atoms with E-state index >= 15 is 0 Å². The summed E-state index contributed by atoms with van der Waals surface area (Å²) < 4.78 is 19.6. The van der Waals surface area contributed by atoms with E-state index < -0.39 is 11.2 Å². The van der Waals surface area contributed by atoms with Crippen LogP contribution in [0.25, 0.3) is 22.3 Å². The van der Waals surface area contributed by atoms with Crippen molar-refractivity contribution >= 4 is 11.2 Å². The third-order valence-electron chi connectivity index (χ3n) is 6.86. The largest absolute Gasteiger partial charge is 0.606 e. The van der Waals surface area contributed by atoms with Crippen molar-refractivity contribution in [3.05, 3.63) is 127 Å². The van der Waals surface area contributed by atoms with Gasteiger partial charge in [-0.15, -0.1) is 0 Å². The zero-order valence-corrected chi connectivity index (χ0v) is 21.0. The molecule has 176 valence electrons. The van der Waals surface area contributed by atoms with Crippen LogP contribution in [0.3, 0.4) is 0 Å². The van der Waals surface area contributed by atoms with Gasteiger partial charge in [0.2, 0.25) is 0 Å². The second-order valence-corrected chi connectivity index (χ2v) is 11.0. The molecule has 36 heavy (non-hydrogen) atoms. The monoisotopic (exact) mass is 487 g/mol. The normalized spacial score (nSPS) is 14.3. The minimum absolute atomic E-state index is 0.203. The maximum absolute atomic E-state index is 13.1. The number of hydrogen-bond donors (Lipinski definition) is 0. The highest BCUT2D eigenvalue weighted by Gasteiger charge is 2.34. The van der Waals surface area contributed by atoms with Gasteiger partial charge in [0.1, 0.15) is 11.5 Å². The summed E-state index contributed by atoms with van der Waals surface area (Å²) in [5, 5.41) is 0. The van der Waals surface area contributed by atoms with Crippen molar-refractivity contribution < 1.29 is 9.29 Å². The lowest BCUT2D eigenvalue weighted by Crippen LogP contribution is -2.24. The highest BCUT2D eigenvalue weighted by molar-refractivity contribution is 7.91. The second-order valence-electron chi connectivity index (χ2n) is 9.50. The first-order valence-electron chi connectivity index (χ1n) is 12.0. The Kier molecular flexibility index (Phi) is 5.63. The fraction of sp³-hybridized carbons (Fsp3) is 0.0938. The molecule has 2 heterocycles. The summed E-state index contributed by atoms with van der Waals surface area (Å²) in [6.07, 6.45) is 3.65. The molecule has 4 aromatic carbocycles. The molecule has 0 saturated carbocycles. The van der Waals surface area contributed by atoms with Crippen LogP contribution in [0.4, 0.5) is 0 Å². The molecule has 0 N–H and O–H groups in total. The highest BCUT2D eigenvalue weighted by Crippen LogP contribution is 2.49. The molecule has 1 aliphatic rings. The van der Waals surface area contributed by atoms with Gasteiger partial charge >= 0.3 is 0 Å². The van der Waals surface area contributed by atoms with Crippen molar-refractivity contribution in [2.45, 2.75) is 29.1 Å². The maximum atomic E-state index is 13.1. The molecule has 0 bridgehead atoms. The molecule has 1 aromatic heterocycles. The molecule has 0 aliphatic carbocycles. The van der Waals surface area contributed by atoms with E-state index in [0.29, 0.717) is 0 Å². The number of ether oxygens (including phenoxy) is 1. The van der Waals surface area contributed by atoms with Crippen LogP contribution < -0.4 is 4.74 Å². The lowest BCUT2D eigenvalue weighted by atomic mass is 9.75. The van der Waals surface area contributed by atoms with Crippen LogP contribution in [0.15, 0.2) is 125 Å². The Labute approximate surface area is 214 Å². The molecule has 0 radical (unpaired) electrons. The minimum Gasteiger partial charge on any atom is -0.606 e. The fourth-order valence-corrected chi connectivity index (χ4v) is 5.99.